The summed E-state index contributed by atoms with van der Waals surface area (Å²) in [4.78, 5) is 4.10. The minimum absolute atomic E-state index is 0.0319. The Bertz CT molecular complexity index is 542. The number of likely N-dealkylation sites (N-methyl/N-ethyl adjacent to an activating group) is 1. The first-order valence-electron chi connectivity index (χ1n) is 6.38. The van der Waals surface area contributed by atoms with Gasteiger partial charge in [0.2, 0.25) is 0 Å². The number of hydrogen-bond acceptors (Lipinski definition) is 3. The van der Waals surface area contributed by atoms with Crippen LogP contribution in [0, 0.1) is 5.82 Å². The highest BCUT2D eigenvalue weighted by atomic mass is 19.1. The molecule has 0 saturated heterocycles. The summed E-state index contributed by atoms with van der Waals surface area (Å²) in [6, 6.07) is 8.54. The van der Waals surface area contributed by atoms with Crippen molar-refractivity contribution in [3.8, 4) is 0 Å². The predicted molar refractivity (Wildman–Crippen MR) is 75.2 cm³/mol. The monoisotopic (exact) mass is 259 g/mol. The van der Waals surface area contributed by atoms with E-state index in [0.29, 0.717) is 17.7 Å². The van der Waals surface area contributed by atoms with Crippen molar-refractivity contribution >= 4 is 5.69 Å². The Labute approximate surface area is 112 Å². The Morgan fingerprint density at radius 2 is 2.11 bits per heavy atom. The van der Waals surface area contributed by atoms with E-state index in [1.54, 1.807) is 30.6 Å². The molecule has 100 valence electrons. The Morgan fingerprint density at radius 1 is 1.32 bits per heavy atom. The van der Waals surface area contributed by atoms with Crippen LogP contribution in [0.3, 0.4) is 0 Å². The number of pyridine rings is 1. The van der Waals surface area contributed by atoms with E-state index in [-0.39, 0.29) is 11.9 Å². The molecule has 0 saturated carbocycles. The molecule has 3 nitrogen and oxygen atoms in total. The van der Waals surface area contributed by atoms with Gasteiger partial charge in [0.15, 0.2) is 0 Å². The lowest BCUT2D eigenvalue weighted by Gasteiger charge is -2.20. The van der Waals surface area contributed by atoms with Crippen molar-refractivity contribution in [3.05, 3.63) is 59.7 Å². The van der Waals surface area contributed by atoms with Crippen LogP contribution < -0.4 is 11.1 Å². The zero-order chi connectivity index (χ0) is 13.7. The van der Waals surface area contributed by atoms with E-state index in [4.69, 9.17) is 5.73 Å². The Balaban J connectivity index is 2.27. The van der Waals surface area contributed by atoms with Crippen LogP contribution >= 0.6 is 0 Å². The summed E-state index contributed by atoms with van der Waals surface area (Å²) < 4.78 is 13.7. The van der Waals surface area contributed by atoms with E-state index in [0.717, 1.165) is 12.1 Å². The highest BCUT2D eigenvalue weighted by Gasteiger charge is 2.15. The molecule has 0 radical (unpaired) electrons. The number of nitrogen functional groups attached to an aromatic ring is 1. The zero-order valence-corrected chi connectivity index (χ0v) is 10.9. The second-order valence-electron chi connectivity index (χ2n) is 4.41. The number of hydrogen-bond donors (Lipinski definition) is 2. The highest BCUT2D eigenvalue weighted by molar-refractivity contribution is 5.46. The van der Waals surface area contributed by atoms with Gasteiger partial charge in [-0.1, -0.05) is 25.1 Å². The van der Waals surface area contributed by atoms with Crippen LogP contribution in [0.5, 0.6) is 0 Å². The van der Waals surface area contributed by atoms with Crippen LogP contribution in [0.4, 0.5) is 10.1 Å². The van der Waals surface area contributed by atoms with E-state index in [9.17, 15) is 4.39 Å². The van der Waals surface area contributed by atoms with Crippen LogP contribution in [-0.4, -0.2) is 11.5 Å². The van der Waals surface area contributed by atoms with Crippen LogP contribution in [-0.2, 0) is 6.42 Å². The Kier molecular flexibility index (Phi) is 4.47. The van der Waals surface area contributed by atoms with Crippen LogP contribution in [0.2, 0.25) is 0 Å². The summed E-state index contributed by atoms with van der Waals surface area (Å²) in [7, 11) is 0. The first-order valence-corrected chi connectivity index (χ1v) is 6.38. The number of nitrogens with zero attached hydrogens (tertiary/aromatic N) is 1. The standard InChI is InChI=1S/C15H18FN3/c1-2-19-15(12-10-18-8-7-14(12)17)9-11-5-3-4-6-13(11)16/h3-8,10,15,19H,2,9H2,1H3,(H2,17,18). The van der Waals surface area contributed by atoms with Gasteiger partial charge in [-0.05, 0) is 30.7 Å². The molecule has 19 heavy (non-hydrogen) atoms. The molecule has 1 atom stereocenters. The van der Waals surface area contributed by atoms with Crippen molar-refractivity contribution in [1.29, 1.82) is 0 Å². The van der Waals surface area contributed by atoms with Crippen LogP contribution in [0.25, 0.3) is 0 Å². The van der Waals surface area contributed by atoms with Gasteiger partial charge in [-0.25, -0.2) is 4.39 Å². The molecule has 2 rings (SSSR count). The van der Waals surface area contributed by atoms with E-state index in [1.165, 1.54) is 6.07 Å². The molecule has 0 bridgehead atoms. The average Bonchev–Trinajstić information content (AvgIpc) is 2.41. The van der Waals surface area contributed by atoms with Gasteiger partial charge in [-0.2, -0.15) is 0 Å². The maximum absolute atomic E-state index is 13.7. The van der Waals surface area contributed by atoms with Crippen molar-refractivity contribution in [2.24, 2.45) is 0 Å². The summed E-state index contributed by atoms with van der Waals surface area (Å²) in [6.07, 6.45) is 3.95. The smallest absolute Gasteiger partial charge is 0.126 e. The van der Waals surface area contributed by atoms with Crippen molar-refractivity contribution in [1.82, 2.24) is 10.3 Å². The van der Waals surface area contributed by atoms with Crippen molar-refractivity contribution < 1.29 is 4.39 Å². The van der Waals surface area contributed by atoms with E-state index < -0.39 is 0 Å². The number of halogens is 1. The lowest BCUT2D eigenvalue weighted by Crippen LogP contribution is -2.24. The number of benzene rings is 1. The second-order valence-corrected chi connectivity index (χ2v) is 4.41. The molecule has 0 aliphatic rings. The Hall–Kier alpha value is -1.94. The van der Waals surface area contributed by atoms with Gasteiger partial charge in [0, 0.05) is 29.7 Å². The molecule has 0 amide bonds. The van der Waals surface area contributed by atoms with Gasteiger partial charge in [-0.3, -0.25) is 4.98 Å². The topological polar surface area (TPSA) is 50.9 Å². The molecule has 0 fully saturated rings. The van der Waals surface area contributed by atoms with Gasteiger partial charge in [-0.15, -0.1) is 0 Å². The molecule has 0 aliphatic carbocycles. The number of nitrogens with one attached hydrogen (secondary N) is 1. The summed E-state index contributed by atoms with van der Waals surface area (Å²) in [6.45, 7) is 2.80. The SMILES string of the molecule is CCNC(Cc1ccccc1F)c1cnccc1N. The first-order chi connectivity index (χ1) is 9.22. The highest BCUT2D eigenvalue weighted by Crippen LogP contribution is 2.23. The summed E-state index contributed by atoms with van der Waals surface area (Å²) in [5.41, 5.74) is 8.24. The molecule has 1 heterocycles. The molecule has 3 N–H and O–H groups in total. The first kappa shape index (κ1) is 13.5. The average molecular weight is 259 g/mol. The third-order valence-electron chi connectivity index (χ3n) is 3.09. The molecule has 2 aromatic rings. The van der Waals surface area contributed by atoms with Crippen molar-refractivity contribution in [2.45, 2.75) is 19.4 Å². The van der Waals surface area contributed by atoms with Gasteiger partial charge in [0.1, 0.15) is 5.82 Å². The molecule has 1 unspecified atom stereocenters. The third kappa shape index (κ3) is 3.29. The molecule has 1 aromatic carbocycles. The zero-order valence-electron chi connectivity index (χ0n) is 10.9. The molecule has 1 aromatic heterocycles. The summed E-state index contributed by atoms with van der Waals surface area (Å²) in [5, 5.41) is 3.33. The Morgan fingerprint density at radius 3 is 2.79 bits per heavy atom. The fourth-order valence-electron chi connectivity index (χ4n) is 2.13. The maximum Gasteiger partial charge on any atom is 0.126 e. The van der Waals surface area contributed by atoms with E-state index in [2.05, 4.69) is 10.3 Å². The predicted octanol–water partition coefficient (Wildman–Crippen LogP) is 2.70. The largest absolute Gasteiger partial charge is 0.398 e. The number of aromatic nitrogens is 1. The lowest BCUT2D eigenvalue weighted by atomic mass is 9.98. The van der Waals surface area contributed by atoms with Gasteiger partial charge in [0.25, 0.3) is 0 Å². The van der Waals surface area contributed by atoms with Gasteiger partial charge < -0.3 is 11.1 Å². The van der Waals surface area contributed by atoms with Crippen LogP contribution in [0.1, 0.15) is 24.1 Å². The van der Waals surface area contributed by atoms with Gasteiger partial charge in [0.05, 0.1) is 0 Å². The molecule has 0 aliphatic heterocycles. The minimum atomic E-state index is -0.187. The molecular formula is C15H18FN3. The number of rotatable bonds is 5. The molecule has 0 spiro atoms. The van der Waals surface area contributed by atoms with Crippen molar-refractivity contribution in [3.63, 3.8) is 0 Å². The number of nitrogens with two attached hydrogens (primary N) is 1. The van der Waals surface area contributed by atoms with Crippen molar-refractivity contribution in [2.75, 3.05) is 12.3 Å². The summed E-state index contributed by atoms with van der Waals surface area (Å²) >= 11 is 0. The second kappa shape index (κ2) is 6.29. The van der Waals surface area contributed by atoms with Crippen LogP contribution in [0.15, 0.2) is 42.7 Å². The quantitative estimate of drug-likeness (QED) is 0.868. The maximum atomic E-state index is 13.7. The number of anilines is 1. The third-order valence-corrected chi connectivity index (χ3v) is 3.09. The fraction of sp³-hybridized carbons (Fsp3) is 0.267. The molecule has 4 heteroatoms. The summed E-state index contributed by atoms with van der Waals surface area (Å²) in [5.74, 6) is -0.187. The molecular weight excluding hydrogens is 241 g/mol. The lowest BCUT2D eigenvalue weighted by molar-refractivity contribution is 0.528. The minimum Gasteiger partial charge on any atom is -0.398 e. The fourth-order valence-corrected chi connectivity index (χ4v) is 2.13. The van der Waals surface area contributed by atoms with E-state index >= 15 is 0 Å². The van der Waals surface area contributed by atoms with Gasteiger partial charge >= 0.3 is 0 Å². The normalized spacial score (nSPS) is 12.3. The van der Waals surface area contributed by atoms with E-state index in [1.807, 2.05) is 13.0 Å².